The molecular formula is C22H21NO. The van der Waals surface area contributed by atoms with Crippen molar-refractivity contribution in [2.75, 3.05) is 13.2 Å². The first kappa shape index (κ1) is 15.1. The van der Waals surface area contributed by atoms with E-state index in [1.807, 2.05) is 0 Å². The Balaban J connectivity index is 1.91. The van der Waals surface area contributed by atoms with E-state index in [0.717, 1.165) is 13.2 Å². The summed E-state index contributed by atoms with van der Waals surface area (Å²) in [6.45, 7) is 1.68. The van der Waals surface area contributed by atoms with Gasteiger partial charge in [-0.15, -0.1) is 0 Å². The number of rotatable bonds is 6. The van der Waals surface area contributed by atoms with Gasteiger partial charge in [0.1, 0.15) is 0 Å². The molecule has 1 fully saturated rings. The van der Waals surface area contributed by atoms with Gasteiger partial charge in [0, 0.05) is 6.54 Å². The molecule has 2 heteroatoms. The van der Waals surface area contributed by atoms with E-state index in [4.69, 9.17) is 4.74 Å². The summed E-state index contributed by atoms with van der Waals surface area (Å²) in [4.78, 5) is 0. The molecular weight excluding hydrogens is 294 g/mol. The van der Waals surface area contributed by atoms with E-state index < -0.39 is 0 Å². The van der Waals surface area contributed by atoms with Crippen molar-refractivity contribution in [3.05, 3.63) is 108 Å². The van der Waals surface area contributed by atoms with Crippen LogP contribution in [0, 0.1) is 0 Å². The summed E-state index contributed by atoms with van der Waals surface area (Å²) in [6.07, 6.45) is 0.320. The second kappa shape index (κ2) is 6.60. The number of ether oxygens (including phenoxy) is 1. The number of nitrogens with one attached hydrogen (secondary N) is 1. The van der Waals surface area contributed by atoms with Gasteiger partial charge in [0.2, 0.25) is 0 Å². The molecule has 2 nitrogen and oxygen atoms in total. The Morgan fingerprint density at radius 2 is 1.08 bits per heavy atom. The summed E-state index contributed by atoms with van der Waals surface area (Å²) in [7, 11) is 0. The smallest absolute Gasteiger partial charge is 0.0948 e. The fourth-order valence-electron chi connectivity index (χ4n) is 3.32. The highest BCUT2D eigenvalue weighted by Gasteiger charge is 2.37. The van der Waals surface area contributed by atoms with E-state index in [-0.39, 0.29) is 5.54 Å². The van der Waals surface area contributed by atoms with Gasteiger partial charge in [-0.2, -0.15) is 0 Å². The molecule has 0 amide bonds. The van der Waals surface area contributed by atoms with Crippen molar-refractivity contribution in [1.29, 1.82) is 0 Å². The van der Waals surface area contributed by atoms with Crippen LogP contribution in [0.5, 0.6) is 0 Å². The minimum Gasteiger partial charge on any atom is -0.372 e. The van der Waals surface area contributed by atoms with Crippen LogP contribution in [-0.2, 0) is 10.3 Å². The molecule has 1 aliphatic rings. The summed E-state index contributed by atoms with van der Waals surface area (Å²) >= 11 is 0. The third-order valence-corrected chi connectivity index (χ3v) is 4.62. The maximum Gasteiger partial charge on any atom is 0.0948 e. The first-order valence-corrected chi connectivity index (χ1v) is 8.43. The molecule has 24 heavy (non-hydrogen) atoms. The van der Waals surface area contributed by atoms with Crippen molar-refractivity contribution in [2.45, 2.75) is 11.6 Å². The Hall–Kier alpha value is -2.42. The molecule has 0 saturated carbocycles. The van der Waals surface area contributed by atoms with Gasteiger partial charge in [-0.3, -0.25) is 5.32 Å². The summed E-state index contributed by atoms with van der Waals surface area (Å²) in [5.41, 5.74) is 3.34. The third kappa shape index (κ3) is 2.86. The van der Waals surface area contributed by atoms with E-state index >= 15 is 0 Å². The quantitative estimate of drug-likeness (QED) is 0.550. The molecule has 1 atom stereocenters. The van der Waals surface area contributed by atoms with Crippen LogP contribution in [-0.4, -0.2) is 19.3 Å². The van der Waals surface area contributed by atoms with E-state index in [1.54, 1.807) is 0 Å². The molecule has 0 radical (unpaired) electrons. The fraction of sp³-hybridized carbons (Fsp3) is 0.182. The van der Waals surface area contributed by atoms with E-state index in [2.05, 4.69) is 96.3 Å². The zero-order chi connectivity index (χ0) is 16.2. The van der Waals surface area contributed by atoms with Crippen molar-refractivity contribution in [3.8, 4) is 0 Å². The SMILES string of the molecule is c1ccc(C(NCC2CO2)(c2ccccc2)c2ccccc2)cc1. The lowest BCUT2D eigenvalue weighted by Crippen LogP contribution is -2.46. The molecule has 3 aromatic rings. The first-order valence-electron chi connectivity index (χ1n) is 8.43. The van der Waals surface area contributed by atoms with Crippen LogP contribution in [0.15, 0.2) is 91.0 Å². The molecule has 1 N–H and O–H groups in total. The van der Waals surface area contributed by atoms with Gasteiger partial charge in [-0.05, 0) is 16.7 Å². The van der Waals surface area contributed by atoms with Crippen LogP contribution in [0.25, 0.3) is 0 Å². The van der Waals surface area contributed by atoms with Gasteiger partial charge in [-0.25, -0.2) is 0 Å². The number of benzene rings is 3. The molecule has 1 unspecified atom stereocenters. The number of hydrogen-bond donors (Lipinski definition) is 1. The zero-order valence-corrected chi connectivity index (χ0v) is 13.6. The lowest BCUT2D eigenvalue weighted by Gasteiger charge is -2.37. The van der Waals surface area contributed by atoms with Gasteiger partial charge in [-0.1, -0.05) is 91.0 Å². The minimum atomic E-state index is -0.379. The highest BCUT2D eigenvalue weighted by atomic mass is 16.6. The van der Waals surface area contributed by atoms with E-state index in [1.165, 1.54) is 16.7 Å². The summed E-state index contributed by atoms with van der Waals surface area (Å²) in [5.74, 6) is 0. The molecule has 0 bridgehead atoms. The largest absolute Gasteiger partial charge is 0.372 e. The van der Waals surface area contributed by atoms with Crippen molar-refractivity contribution in [1.82, 2.24) is 5.32 Å². The van der Waals surface area contributed by atoms with E-state index in [9.17, 15) is 0 Å². The van der Waals surface area contributed by atoms with Gasteiger partial charge < -0.3 is 4.74 Å². The lowest BCUT2D eigenvalue weighted by atomic mass is 9.77. The van der Waals surface area contributed by atoms with Crippen molar-refractivity contribution < 1.29 is 4.74 Å². The Labute approximate surface area is 143 Å². The molecule has 0 spiro atoms. The van der Waals surface area contributed by atoms with Crippen LogP contribution in [0.3, 0.4) is 0 Å². The summed E-state index contributed by atoms with van der Waals surface area (Å²) < 4.78 is 5.45. The third-order valence-electron chi connectivity index (χ3n) is 4.62. The molecule has 0 aromatic heterocycles. The number of hydrogen-bond acceptors (Lipinski definition) is 2. The van der Waals surface area contributed by atoms with E-state index in [0.29, 0.717) is 6.10 Å². The molecule has 120 valence electrons. The predicted octanol–water partition coefficient (Wildman–Crippen LogP) is 3.97. The topological polar surface area (TPSA) is 24.6 Å². The maximum atomic E-state index is 5.45. The Bertz CT molecular complexity index is 670. The van der Waals surface area contributed by atoms with Crippen LogP contribution in [0.2, 0.25) is 0 Å². The fourth-order valence-corrected chi connectivity index (χ4v) is 3.32. The highest BCUT2D eigenvalue weighted by Crippen LogP contribution is 2.36. The van der Waals surface area contributed by atoms with Gasteiger partial charge in [0.25, 0.3) is 0 Å². The summed E-state index contributed by atoms with van der Waals surface area (Å²) in [6, 6.07) is 32.0. The second-order valence-corrected chi connectivity index (χ2v) is 6.18. The lowest BCUT2D eigenvalue weighted by molar-refractivity contribution is 0.369. The van der Waals surface area contributed by atoms with Gasteiger partial charge in [0.05, 0.1) is 18.2 Å². The first-order chi connectivity index (χ1) is 11.9. The standard InChI is InChI=1S/C22H21NO/c1-4-10-18(11-5-1)22(23-16-21-17-24-21,19-12-6-2-7-13-19)20-14-8-3-9-15-20/h1-15,21,23H,16-17H2. The summed E-state index contributed by atoms with van der Waals surface area (Å²) in [5, 5.41) is 3.82. The average Bonchev–Trinajstić information content (AvgIpc) is 3.50. The van der Waals surface area contributed by atoms with Crippen LogP contribution in [0.1, 0.15) is 16.7 Å². The molecule has 0 aliphatic carbocycles. The van der Waals surface area contributed by atoms with Crippen LogP contribution >= 0.6 is 0 Å². The van der Waals surface area contributed by atoms with Crippen LogP contribution < -0.4 is 5.32 Å². The second-order valence-electron chi connectivity index (χ2n) is 6.18. The van der Waals surface area contributed by atoms with Gasteiger partial charge >= 0.3 is 0 Å². The zero-order valence-electron chi connectivity index (χ0n) is 13.6. The molecule has 1 saturated heterocycles. The molecule has 4 rings (SSSR count). The molecule has 1 aliphatic heterocycles. The normalized spacial score (nSPS) is 16.8. The molecule has 1 heterocycles. The monoisotopic (exact) mass is 315 g/mol. The van der Waals surface area contributed by atoms with Crippen molar-refractivity contribution in [2.24, 2.45) is 0 Å². The predicted molar refractivity (Wildman–Crippen MR) is 97.0 cm³/mol. The Kier molecular flexibility index (Phi) is 4.16. The van der Waals surface area contributed by atoms with Crippen molar-refractivity contribution in [3.63, 3.8) is 0 Å². The maximum absolute atomic E-state index is 5.45. The highest BCUT2D eigenvalue weighted by molar-refractivity contribution is 5.49. The number of epoxide rings is 1. The van der Waals surface area contributed by atoms with Crippen LogP contribution in [0.4, 0.5) is 0 Å². The minimum absolute atomic E-state index is 0.320. The Morgan fingerprint density at radius 1 is 0.708 bits per heavy atom. The van der Waals surface area contributed by atoms with Gasteiger partial charge in [0.15, 0.2) is 0 Å². The molecule has 3 aromatic carbocycles. The average molecular weight is 315 g/mol. The van der Waals surface area contributed by atoms with Crippen molar-refractivity contribution >= 4 is 0 Å². The Morgan fingerprint density at radius 3 is 1.42 bits per heavy atom.